The number of carbonyl (C=O) groups excluding carboxylic acids is 2. The van der Waals surface area contributed by atoms with E-state index in [1.807, 2.05) is 0 Å². The van der Waals surface area contributed by atoms with Crippen LogP contribution in [0, 0.1) is 0 Å². The maximum atomic E-state index is 11.9. The predicted molar refractivity (Wildman–Crippen MR) is 92.4 cm³/mol. The molecule has 1 aliphatic rings. The average Bonchev–Trinajstić information content (AvgIpc) is 3.13. The first kappa shape index (κ1) is 15.9. The predicted octanol–water partition coefficient (Wildman–Crippen LogP) is 1.54. The summed E-state index contributed by atoms with van der Waals surface area (Å²) in [6.45, 7) is 1.20. The minimum Gasteiger partial charge on any atom is -0.465 e. The van der Waals surface area contributed by atoms with Crippen molar-refractivity contribution < 1.29 is 14.3 Å². The highest BCUT2D eigenvalue weighted by atomic mass is 16.5. The first-order valence-corrected chi connectivity index (χ1v) is 8.04. The third-order valence-corrected chi connectivity index (χ3v) is 4.10. The van der Waals surface area contributed by atoms with Gasteiger partial charge in [-0.1, -0.05) is 12.1 Å². The fourth-order valence-corrected chi connectivity index (χ4v) is 2.77. The second-order valence-corrected chi connectivity index (χ2v) is 5.73. The van der Waals surface area contributed by atoms with E-state index in [-0.39, 0.29) is 5.91 Å². The minimum atomic E-state index is -0.395. The maximum Gasteiger partial charge on any atom is 0.337 e. The van der Waals surface area contributed by atoms with E-state index in [2.05, 4.69) is 20.4 Å². The van der Waals surface area contributed by atoms with Gasteiger partial charge >= 0.3 is 5.97 Å². The zero-order chi connectivity index (χ0) is 18.1. The van der Waals surface area contributed by atoms with E-state index in [0.717, 1.165) is 5.56 Å². The number of aromatic nitrogens is 4. The van der Waals surface area contributed by atoms with Gasteiger partial charge in [-0.15, -0.1) is 0 Å². The van der Waals surface area contributed by atoms with Crippen molar-refractivity contribution >= 4 is 11.9 Å². The third kappa shape index (κ3) is 2.81. The van der Waals surface area contributed by atoms with Crippen molar-refractivity contribution in [1.82, 2.24) is 25.1 Å². The number of hydrogen-bond donors (Lipinski definition) is 1. The molecule has 0 unspecified atom stereocenters. The Morgan fingerprint density at radius 2 is 2.00 bits per heavy atom. The van der Waals surface area contributed by atoms with E-state index in [0.29, 0.717) is 41.6 Å². The van der Waals surface area contributed by atoms with Gasteiger partial charge in [0.05, 0.1) is 24.9 Å². The maximum absolute atomic E-state index is 11.9. The molecule has 0 atom stereocenters. The Hall–Kier alpha value is -3.55. The fourth-order valence-electron chi connectivity index (χ4n) is 2.77. The molecular formula is C18H15N5O3. The molecule has 0 spiro atoms. The van der Waals surface area contributed by atoms with Crippen LogP contribution in [-0.4, -0.2) is 45.3 Å². The number of methoxy groups -OCH3 is 1. The van der Waals surface area contributed by atoms with Gasteiger partial charge in [0.2, 0.25) is 0 Å². The number of rotatable bonds is 3. The second-order valence-electron chi connectivity index (χ2n) is 5.73. The van der Waals surface area contributed by atoms with Gasteiger partial charge < -0.3 is 10.1 Å². The molecule has 2 aromatic heterocycles. The molecule has 8 heteroatoms. The molecule has 26 heavy (non-hydrogen) atoms. The molecule has 8 nitrogen and oxygen atoms in total. The molecule has 3 aromatic rings. The van der Waals surface area contributed by atoms with Crippen molar-refractivity contribution in [3.63, 3.8) is 0 Å². The lowest BCUT2D eigenvalue weighted by atomic mass is 10.1. The van der Waals surface area contributed by atoms with Crippen LogP contribution in [0.4, 0.5) is 0 Å². The lowest BCUT2D eigenvalue weighted by Gasteiger charge is -2.13. The van der Waals surface area contributed by atoms with Gasteiger partial charge in [-0.3, -0.25) is 9.48 Å². The summed E-state index contributed by atoms with van der Waals surface area (Å²) in [6.07, 6.45) is 1.64. The van der Waals surface area contributed by atoms with Gasteiger partial charge in [0.25, 0.3) is 5.91 Å². The van der Waals surface area contributed by atoms with Gasteiger partial charge in [-0.25, -0.2) is 14.8 Å². The Bertz CT molecular complexity index is 994. The number of fused-ring (bicyclic) bond motifs is 1. The van der Waals surface area contributed by atoms with Gasteiger partial charge in [-0.2, -0.15) is 5.10 Å². The summed E-state index contributed by atoms with van der Waals surface area (Å²) in [5, 5.41) is 7.25. The quantitative estimate of drug-likeness (QED) is 0.720. The summed E-state index contributed by atoms with van der Waals surface area (Å²) in [7, 11) is 1.34. The minimum absolute atomic E-state index is 0.136. The lowest BCUT2D eigenvalue weighted by Crippen LogP contribution is -2.35. The molecule has 4 rings (SSSR count). The summed E-state index contributed by atoms with van der Waals surface area (Å²) >= 11 is 0. The first-order chi connectivity index (χ1) is 12.7. The Morgan fingerprint density at radius 1 is 1.19 bits per heavy atom. The van der Waals surface area contributed by atoms with E-state index in [1.165, 1.54) is 7.11 Å². The largest absolute Gasteiger partial charge is 0.465 e. The summed E-state index contributed by atoms with van der Waals surface area (Å²) in [5.41, 5.74) is 2.99. The topological polar surface area (TPSA) is 99.0 Å². The van der Waals surface area contributed by atoms with Crippen LogP contribution in [-0.2, 0) is 11.3 Å². The Morgan fingerprint density at radius 3 is 2.73 bits per heavy atom. The normalized spacial score (nSPS) is 13.0. The molecule has 3 heterocycles. The number of nitrogens with one attached hydrogen (secondary N) is 1. The number of benzene rings is 1. The van der Waals surface area contributed by atoms with E-state index in [1.54, 1.807) is 47.3 Å². The van der Waals surface area contributed by atoms with Crippen molar-refractivity contribution in [3.05, 3.63) is 53.9 Å². The molecule has 1 N–H and O–H groups in total. The number of carbonyl (C=O) groups is 2. The summed E-state index contributed by atoms with van der Waals surface area (Å²) < 4.78 is 6.38. The van der Waals surface area contributed by atoms with Crippen molar-refractivity contribution in [2.45, 2.75) is 6.54 Å². The molecule has 0 radical (unpaired) electrons. The van der Waals surface area contributed by atoms with Crippen molar-refractivity contribution in [2.24, 2.45) is 0 Å². The average molecular weight is 349 g/mol. The molecule has 1 amide bonds. The Labute approximate surface area is 148 Å². The number of hydrogen-bond acceptors (Lipinski definition) is 6. The molecule has 0 fully saturated rings. The van der Waals surface area contributed by atoms with Gasteiger partial charge in [0.15, 0.2) is 5.82 Å². The third-order valence-electron chi connectivity index (χ3n) is 4.10. The molecule has 0 saturated heterocycles. The van der Waals surface area contributed by atoms with Crippen LogP contribution in [0.3, 0.4) is 0 Å². The second kappa shape index (κ2) is 6.40. The molecule has 130 valence electrons. The van der Waals surface area contributed by atoms with Crippen molar-refractivity contribution in [3.8, 4) is 22.8 Å². The highest BCUT2D eigenvalue weighted by Gasteiger charge is 2.20. The van der Waals surface area contributed by atoms with E-state index < -0.39 is 5.97 Å². The standard InChI is InChI=1S/C18H15N5O3/c1-26-18(25)12-4-2-11(3-5-12)16-19-7-6-13(21-16)14-10-15-17(24)20-8-9-23(15)22-14/h2-7,10H,8-9H2,1H3,(H,20,24). The number of nitrogens with zero attached hydrogens (tertiary/aromatic N) is 4. The van der Waals surface area contributed by atoms with Crippen LogP contribution in [0.15, 0.2) is 42.6 Å². The molecular weight excluding hydrogens is 334 g/mol. The van der Waals surface area contributed by atoms with Crippen LogP contribution in [0.1, 0.15) is 20.8 Å². The highest BCUT2D eigenvalue weighted by Crippen LogP contribution is 2.22. The van der Waals surface area contributed by atoms with Gasteiger partial charge in [-0.05, 0) is 24.3 Å². The summed E-state index contributed by atoms with van der Waals surface area (Å²) in [4.78, 5) is 32.2. The Balaban J connectivity index is 1.67. The SMILES string of the molecule is COC(=O)c1ccc(-c2nccc(-c3cc4n(n3)CCNC4=O)n2)cc1. The lowest BCUT2D eigenvalue weighted by molar-refractivity contribution is 0.0600. The first-order valence-electron chi connectivity index (χ1n) is 8.04. The van der Waals surface area contributed by atoms with Crippen LogP contribution < -0.4 is 5.32 Å². The van der Waals surface area contributed by atoms with Crippen LogP contribution in [0.25, 0.3) is 22.8 Å². The summed E-state index contributed by atoms with van der Waals surface area (Å²) in [5.74, 6) is -0.0231. The smallest absolute Gasteiger partial charge is 0.337 e. The number of ether oxygens (including phenoxy) is 1. The van der Waals surface area contributed by atoms with Crippen molar-refractivity contribution in [2.75, 3.05) is 13.7 Å². The molecule has 0 saturated carbocycles. The van der Waals surface area contributed by atoms with E-state index in [4.69, 9.17) is 4.74 Å². The van der Waals surface area contributed by atoms with Gasteiger partial charge in [0.1, 0.15) is 11.4 Å². The fraction of sp³-hybridized carbons (Fsp3) is 0.167. The molecule has 0 aliphatic carbocycles. The monoisotopic (exact) mass is 349 g/mol. The zero-order valence-corrected chi connectivity index (χ0v) is 14.0. The summed E-state index contributed by atoms with van der Waals surface area (Å²) in [6, 6.07) is 10.3. The molecule has 1 aliphatic heterocycles. The van der Waals surface area contributed by atoms with Crippen molar-refractivity contribution in [1.29, 1.82) is 0 Å². The van der Waals surface area contributed by atoms with E-state index in [9.17, 15) is 9.59 Å². The number of amides is 1. The van der Waals surface area contributed by atoms with Crippen LogP contribution in [0.5, 0.6) is 0 Å². The zero-order valence-electron chi connectivity index (χ0n) is 14.0. The van der Waals surface area contributed by atoms with Crippen LogP contribution >= 0.6 is 0 Å². The van der Waals surface area contributed by atoms with E-state index >= 15 is 0 Å². The molecule has 0 bridgehead atoms. The molecule has 1 aromatic carbocycles. The number of esters is 1. The van der Waals surface area contributed by atoms with Gasteiger partial charge in [0, 0.05) is 18.3 Å². The van der Waals surface area contributed by atoms with Crippen LogP contribution in [0.2, 0.25) is 0 Å². The Kier molecular flexibility index (Phi) is 3.92. The highest BCUT2D eigenvalue weighted by molar-refractivity contribution is 5.94.